The molecule has 2 unspecified atom stereocenters. The molecule has 178 valence electrons. The van der Waals surface area contributed by atoms with Crippen LogP contribution in [0.25, 0.3) is 11.3 Å². The van der Waals surface area contributed by atoms with Gasteiger partial charge >= 0.3 is 0 Å². The van der Waals surface area contributed by atoms with Gasteiger partial charge < -0.3 is 25.8 Å². The molecule has 3 aromatic rings. The Kier molecular flexibility index (Phi) is 6.41. The van der Waals surface area contributed by atoms with Crippen molar-refractivity contribution in [3.05, 3.63) is 54.1 Å². The van der Waals surface area contributed by atoms with Crippen LogP contribution < -0.4 is 16.0 Å². The molecular weight excluding hydrogens is 434 g/mol. The van der Waals surface area contributed by atoms with Crippen molar-refractivity contribution in [1.29, 1.82) is 0 Å². The predicted octanol–water partition coefficient (Wildman–Crippen LogP) is 2.32. The summed E-state index contributed by atoms with van der Waals surface area (Å²) >= 11 is 0. The van der Waals surface area contributed by atoms with Crippen molar-refractivity contribution < 1.29 is 14.6 Å². The number of nitrogens with zero attached hydrogens (tertiary/aromatic N) is 4. The summed E-state index contributed by atoms with van der Waals surface area (Å²) in [5.41, 5.74) is 2.70. The molecule has 10 heteroatoms. The second-order valence-electron chi connectivity index (χ2n) is 8.85. The third-order valence-electron chi connectivity index (χ3n) is 5.98. The highest BCUT2D eigenvalue weighted by molar-refractivity contribution is 5.97. The number of carbonyl (C=O) groups excluding carboxylic acids is 1. The quantitative estimate of drug-likeness (QED) is 0.356. The van der Waals surface area contributed by atoms with Gasteiger partial charge in [0.05, 0.1) is 29.7 Å². The summed E-state index contributed by atoms with van der Waals surface area (Å²) in [5.74, 6) is 1.25. The Morgan fingerprint density at radius 3 is 2.97 bits per heavy atom. The highest BCUT2D eigenvalue weighted by Crippen LogP contribution is 2.29. The molecule has 4 N–H and O–H groups in total. The van der Waals surface area contributed by atoms with Crippen molar-refractivity contribution in [3.63, 3.8) is 0 Å². The number of hydrogen-bond acceptors (Lipinski definition) is 8. The van der Waals surface area contributed by atoms with Crippen molar-refractivity contribution >= 4 is 17.4 Å². The van der Waals surface area contributed by atoms with Crippen LogP contribution in [0, 0.1) is 5.92 Å². The second kappa shape index (κ2) is 9.78. The van der Waals surface area contributed by atoms with E-state index < -0.39 is 6.23 Å². The van der Waals surface area contributed by atoms with E-state index >= 15 is 0 Å². The van der Waals surface area contributed by atoms with E-state index in [9.17, 15) is 9.90 Å². The van der Waals surface area contributed by atoms with Gasteiger partial charge in [-0.2, -0.15) is 5.10 Å². The number of rotatable bonds is 9. The summed E-state index contributed by atoms with van der Waals surface area (Å²) in [7, 11) is 1.73. The van der Waals surface area contributed by atoms with Gasteiger partial charge in [-0.1, -0.05) is 6.07 Å². The zero-order valence-corrected chi connectivity index (χ0v) is 19.1. The molecule has 0 aromatic carbocycles. The molecular formula is C24H29N7O3. The first-order valence-corrected chi connectivity index (χ1v) is 11.6. The fourth-order valence-electron chi connectivity index (χ4n) is 3.91. The van der Waals surface area contributed by atoms with Gasteiger partial charge in [0.15, 0.2) is 11.9 Å². The van der Waals surface area contributed by atoms with Gasteiger partial charge in [-0.15, -0.1) is 0 Å². The SMILES string of the molecule is Cn1cc(NC(O)c2cccc(-c3ccnc(NCC4CC4)c3)n2)c(C(=O)NC2CCOC2)n1. The van der Waals surface area contributed by atoms with Gasteiger partial charge in [-0.25, -0.2) is 9.97 Å². The van der Waals surface area contributed by atoms with Crippen LogP contribution in [0.3, 0.4) is 0 Å². The maximum Gasteiger partial charge on any atom is 0.274 e. The molecule has 0 bridgehead atoms. The molecule has 1 saturated carbocycles. The number of aliphatic hydroxyl groups excluding tert-OH is 1. The summed E-state index contributed by atoms with van der Waals surface area (Å²) in [6.45, 7) is 2.06. The molecule has 2 atom stereocenters. The third-order valence-corrected chi connectivity index (χ3v) is 5.98. The summed E-state index contributed by atoms with van der Waals surface area (Å²) in [4.78, 5) is 21.8. The predicted molar refractivity (Wildman–Crippen MR) is 127 cm³/mol. The van der Waals surface area contributed by atoms with Crippen LogP contribution >= 0.6 is 0 Å². The standard InChI is InChI=1S/C24H29N7O3/c1-31-13-20(22(30-31)24(33)27-17-8-10-34-14-17)29-23(32)19-4-2-3-18(28-19)16-7-9-25-21(11-16)26-12-15-5-6-15/h2-4,7,9,11,13,15,17,23,29,32H,5-6,8,10,12,14H2,1H3,(H,25,26)(H,27,33). The molecule has 1 aliphatic heterocycles. The fourth-order valence-corrected chi connectivity index (χ4v) is 3.91. The first-order valence-electron chi connectivity index (χ1n) is 11.6. The number of aryl methyl sites for hydroxylation is 1. The molecule has 0 spiro atoms. The number of amides is 1. The Balaban J connectivity index is 1.29. The van der Waals surface area contributed by atoms with Gasteiger partial charge in [0.1, 0.15) is 5.82 Å². The number of ether oxygens (including phenoxy) is 1. The molecule has 3 aromatic heterocycles. The van der Waals surface area contributed by atoms with Crippen molar-refractivity contribution in [3.8, 4) is 11.3 Å². The molecule has 0 radical (unpaired) electrons. The molecule has 5 rings (SSSR count). The van der Waals surface area contributed by atoms with Crippen LogP contribution in [0.4, 0.5) is 11.5 Å². The van der Waals surface area contributed by atoms with E-state index in [1.165, 1.54) is 17.5 Å². The Labute approximate surface area is 197 Å². The van der Waals surface area contributed by atoms with E-state index in [0.717, 1.165) is 36.0 Å². The Morgan fingerprint density at radius 2 is 2.18 bits per heavy atom. The highest BCUT2D eigenvalue weighted by atomic mass is 16.5. The number of aliphatic hydroxyl groups is 1. The summed E-state index contributed by atoms with van der Waals surface area (Å²) in [6, 6.07) is 9.30. The average Bonchev–Trinajstić information content (AvgIpc) is 3.41. The average molecular weight is 464 g/mol. The summed E-state index contributed by atoms with van der Waals surface area (Å²) in [5, 5.41) is 24.4. The lowest BCUT2D eigenvalue weighted by Gasteiger charge is -2.15. The first-order chi connectivity index (χ1) is 16.5. The molecule has 4 heterocycles. The molecule has 1 aliphatic carbocycles. The number of aromatic nitrogens is 4. The molecule has 34 heavy (non-hydrogen) atoms. The Morgan fingerprint density at radius 1 is 1.29 bits per heavy atom. The van der Waals surface area contributed by atoms with Gasteiger partial charge in [0.2, 0.25) is 0 Å². The first kappa shape index (κ1) is 22.3. The van der Waals surface area contributed by atoms with Gasteiger partial charge in [-0.3, -0.25) is 9.48 Å². The minimum Gasteiger partial charge on any atom is -0.379 e. The van der Waals surface area contributed by atoms with E-state index in [1.807, 2.05) is 24.3 Å². The van der Waals surface area contributed by atoms with Gasteiger partial charge in [0, 0.05) is 38.2 Å². The van der Waals surface area contributed by atoms with Gasteiger partial charge in [0.25, 0.3) is 5.91 Å². The second-order valence-corrected chi connectivity index (χ2v) is 8.85. The number of nitrogens with one attached hydrogen (secondary N) is 3. The Hall–Kier alpha value is -3.50. The van der Waals surface area contributed by atoms with Crippen molar-refractivity contribution in [2.45, 2.75) is 31.5 Å². The van der Waals surface area contributed by atoms with E-state index in [2.05, 4.69) is 31.0 Å². The van der Waals surface area contributed by atoms with Crippen LogP contribution in [0.1, 0.15) is 41.7 Å². The number of hydrogen-bond donors (Lipinski definition) is 4. The van der Waals surface area contributed by atoms with E-state index in [-0.39, 0.29) is 17.6 Å². The van der Waals surface area contributed by atoms with Crippen molar-refractivity contribution in [2.24, 2.45) is 13.0 Å². The maximum atomic E-state index is 12.7. The number of anilines is 2. The van der Waals surface area contributed by atoms with Crippen molar-refractivity contribution in [2.75, 3.05) is 30.4 Å². The van der Waals surface area contributed by atoms with Crippen LogP contribution in [0.15, 0.2) is 42.7 Å². The summed E-state index contributed by atoms with van der Waals surface area (Å²) < 4.78 is 6.86. The molecule has 1 amide bonds. The third kappa shape index (κ3) is 5.35. The highest BCUT2D eigenvalue weighted by Gasteiger charge is 2.24. The lowest BCUT2D eigenvalue weighted by molar-refractivity contribution is 0.0924. The molecule has 10 nitrogen and oxygen atoms in total. The number of carbonyl (C=O) groups is 1. The molecule has 2 fully saturated rings. The topological polar surface area (TPSA) is 126 Å². The largest absolute Gasteiger partial charge is 0.379 e. The van der Waals surface area contributed by atoms with Crippen LogP contribution in [-0.2, 0) is 11.8 Å². The van der Waals surface area contributed by atoms with Crippen LogP contribution in [0.2, 0.25) is 0 Å². The minimum absolute atomic E-state index is 0.0327. The Bertz CT molecular complexity index is 1150. The van der Waals surface area contributed by atoms with E-state index in [0.29, 0.717) is 24.6 Å². The number of pyridine rings is 2. The minimum atomic E-state index is -1.13. The zero-order chi connectivity index (χ0) is 23.5. The lowest BCUT2D eigenvalue weighted by Crippen LogP contribution is -2.35. The molecule has 2 aliphatic rings. The smallest absolute Gasteiger partial charge is 0.274 e. The van der Waals surface area contributed by atoms with Crippen LogP contribution in [0.5, 0.6) is 0 Å². The fraction of sp³-hybridized carbons (Fsp3) is 0.417. The van der Waals surface area contributed by atoms with Gasteiger partial charge in [-0.05, 0) is 49.4 Å². The monoisotopic (exact) mass is 463 g/mol. The lowest BCUT2D eigenvalue weighted by atomic mass is 10.1. The molecule has 1 saturated heterocycles. The van der Waals surface area contributed by atoms with E-state index in [1.54, 1.807) is 25.5 Å². The maximum absolute atomic E-state index is 12.7. The summed E-state index contributed by atoms with van der Waals surface area (Å²) in [6.07, 6.45) is 5.61. The van der Waals surface area contributed by atoms with Crippen molar-refractivity contribution in [1.82, 2.24) is 25.1 Å². The zero-order valence-electron chi connectivity index (χ0n) is 19.1. The normalized spacial score (nSPS) is 18.5. The van der Waals surface area contributed by atoms with E-state index in [4.69, 9.17) is 4.74 Å². The van der Waals surface area contributed by atoms with Crippen LogP contribution in [-0.4, -0.2) is 56.6 Å².